The van der Waals surface area contributed by atoms with Crippen LogP contribution in [0.2, 0.25) is 0 Å². The molecule has 6 heteroatoms. The van der Waals surface area contributed by atoms with Crippen LogP contribution in [0.15, 0.2) is 72.0 Å². The molecule has 0 saturated heterocycles. The van der Waals surface area contributed by atoms with Gasteiger partial charge in [0.1, 0.15) is 17.1 Å². The summed E-state index contributed by atoms with van der Waals surface area (Å²) in [7, 11) is 1.66. The molecule has 0 N–H and O–H groups in total. The van der Waals surface area contributed by atoms with E-state index in [4.69, 9.17) is 9.72 Å². The molecule has 2 aromatic heterocycles. The number of ether oxygens (including phenoxy) is 1. The van der Waals surface area contributed by atoms with Crippen LogP contribution in [0.25, 0.3) is 11.2 Å². The zero-order valence-electron chi connectivity index (χ0n) is 14.8. The monoisotopic (exact) mass is 379 g/mol. The first-order valence-corrected chi connectivity index (χ1v) is 9.53. The van der Waals surface area contributed by atoms with E-state index in [0.717, 1.165) is 33.2 Å². The largest absolute Gasteiger partial charge is 0.497 e. The number of nitrogens with zero attached hydrogens (tertiary/aromatic N) is 3. The van der Waals surface area contributed by atoms with Crippen molar-refractivity contribution in [3.63, 3.8) is 0 Å². The van der Waals surface area contributed by atoms with Gasteiger partial charge in [0.15, 0.2) is 10.8 Å². The third kappa shape index (κ3) is 3.95. The van der Waals surface area contributed by atoms with E-state index in [9.17, 15) is 4.39 Å². The summed E-state index contributed by atoms with van der Waals surface area (Å²) in [5.41, 5.74) is 3.76. The summed E-state index contributed by atoms with van der Waals surface area (Å²) >= 11 is 1.58. The number of benzene rings is 2. The van der Waals surface area contributed by atoms with Crippen molar-refractivity contribution in [3.05, 3.63) is 83.8 Å². The van der Waals surface area contributed by atoms with E-state index in [1.165, 1.54) is 6.07 Å². The molecule has 0 bridgehead atoms. The number of pyridine rings is 1. The lowest BCUT2D eigenvalue weighted by Crippen LogP contribution is -2.02. The number of rotatable bonds is 6. The van der Waals surface area contributed by atoms with Crippen LogP contribution in [0.5, 0.6) is 5.75 Å². The second-order valence-electron chi connectivity index (χ2n) is 6.09. The molecule has 0 spiro atoms. The Labute approximate surface area is 161 Å². The summed E-state index contributed by atoms with van der Waals surface area (Å²) in [6.45, 7) is 0.656. The van der Waals surface area contributed by atoms with E-state index in [2.05, 4.69) is 9.55 Å². The van der Waals surface area contributed by atoms with Gasteiger partial charge in [0.25, 0.3) is 0 Å². The predicted octanol–water partition coefficient (Wildman–Crippen LogP) is 4.92. The molecular weight excluding hydrogens is 361 g/mol. The zero-order valence-corrected chi connectivity index (χ0v) is 15.6. The maximum atomic E-state index is 13.4. The molecule has 0 aliphatic carbocycles. The van der Waals surface area contributed by atoms with Crippen LogP contribution in [0.1, 0.15) is 11.1 Å². The van der Waals surface area contributed by atoms with Crippen LogP contribution in [0.4, 0.5) is 4.39 Å². The Hall–Kier alpha value is -2.86. The van der Waals surface area contributed by atoms with Crippen LogP contribution >= 0.6 is 11.8 Å². The van der Waals surface area contributed by atoms with Gasteiger partial charge in [0.2, 0.25) is 0 Å². The highest BCUT2D eigenvalue weighted by Crippen LogP contribution is 2.27. The van der Waals surface area contributed by atoms with Crippen molar-refractivity contribution in [1.29, 1.82) is 0 Å². The maximum absolute atomic E-state index is 13.4. The van der Waals surface area contributed by atoms with E-state index < -0.39 is 0 Å². The van der Waals surface area contributed by atoms with Crippen LogP contribution in [-0.2, 0) is 12.3 Å². The van der Waals surface area contributed by atoms with E-state index >= 15 is 0 Å². The van der Waals surface area contributed by atoms with Crippen molar-refractivity contribution >= 4 is 22.9 Å². The van der Waals surface area contributed by atoms with Crippen molar-refractivity contribution < 1.29 is 9.13 Å². The highest BCUT2D eigenvalue weighted by Gasteiger charge is 2.13. The summed E-state index contributed by atoms with van der Waals surface area (Å²) < 4.78 is 20.8. The van der Waals surface area contributed by atoms with Gasteiger partial charge in [0.05, 0.1) is 13.7 Å². The van der Waals surface area contributed by atoms with Gasteiger partial charge in [-0.3, -0.25) is 4.57 Å². The molecule has 0 unspecified atom stereocenters. The number of methoxy groups -OCH3 is 1. The van der Waals surface area contributed by atoms with Crippen molar-refractivity contribution in [3.8, 4) is 5.75 Å². The molecule has 0 fully saturated rings. The van der Waals surface area contributed by atoms with Crippen LogP contribution < -0.4 is 4.74 Å². The van der Waals surface area contributed by atoms with Gasteiger partial charge in [-0.05, 0) is 47.5 Å². The number of fused-ring (bicyclic) bond motifs is 1. The smallest absolute Gasteiger partial charge is 0.170 e. The van der Waals surface area contributed by atoms with Crippen molar-refractivity contribution in [2.24, 2.45) is 0 Å². The van der Waals surface area contributed by atoms with E-state index in [0.29, 0.717) is 12.3 Å². The Morgan fingerprint density at radius 3 is 2.67 bits per heavy atom. The minimum atomic E-state index is -0.221. The number of hydrogen-bond acceptors (Lipinski definition) is 4. The fraction of sp³-hybridized carbons (Fsp3) is 0.143. The second kappa shape index (κ2) is 7.80. The molecule has 136 valence electrons. The van der Waals surface area contributed by atoms with E-state index in [1.807, 2.05) is 42.5 Å². The predicted molar refractivity (Wildman–Crippen MR) is 106 cm³/mol. The number of hydrogen-bond donors (Lipinski definition) is 0. The minimum absolute atomic E-state index is 0.221. The first kappa shape index (κ1) is 17.5. The Bertz CT molecular complexity index is 1060. The summed E-state index contributed by atoms with van der Waals surface area (Å²) in [6.07, 6.45) is 1.77. The Morgan fingerprint density at radius 1 is 1.04 bits per heavy atom. The van der Waals surface area contributed by atoms with Crippen molar-refractivity contribution in [1.82, 2.24) is 14.5 Å². The molecule has 4 aromatic rings. The number of halogens is 1. The molecule has 2 heterocycles. The maximum Gasteiger partial charge on any atom is 0.170 e. The van der Waals surface area contributed by atoms with Crippen molar-refractivity contribution in [2.75, 3.05) is 7.11 Å². The average molecular weight is 379 g/mol. The molecule has 0 radical (unpaired) electrons. The van der Waals surface area contributed by atoms with Gasteiger partial charge in [0, 0.05) is 11.9 Å². The fourth-order valence-corrected chi connectivity index (χ4v) is 3.82. The lowest BCUT2D eigenvalue weighted by molar-refractivity contribution is 0.414. The first-order chi connectivity index (χ1) is 13.2. The molecule has 0 aliphatic rings. The molecule has 4 nitrogen and oxygen atoms in total. The molecule has 0 atom stereocenters. The number of aromatic nitrogens is 3. The van der Waals surface area contributed by atoms with E-state index in [1.54, 1.807) is 37.2 Å². The minimum Gasteiger partial charge on any atom is -0.497 e. The third-order valence-electron chi connectivity index (χ3n) is 4.23. The highest BCUT2D eigenvalue weighted by molar-refractivity contribution is 7.98. The van der Waals surface area contributed by atoms with Gasteiger partial charge >= 0.3 is 0 Å². The summed E-state index contributed by atoms with van der Waals surface area (Å²) in [5, 5.41) is 0.865. The van der Waals surface area contributed by atoms with E-state index in [-0.39, 0.29) is 5.82 Å². The molecule has 27 heavy (non-hydrogen) atoms. The number of thioether (sulfide) groups is 1. The molecule has 2 aromatic carbocycles. The molecule has 0 saturated carbocycles. The highest BCUT2D eigenvalue weighted by atomic mass is 32.2. The van der Waals surface area contributed by atoms with Gasteiger partial charge in [-0.2, -0.15) is 0 Å². The van der Waals surface area contributed by atoms with Gasteiger partial charge < -0.3 is 4.74 Å². The lowest BCUT2D eigenvalue weighted by Gasteiger charge is -2.09. The third-order valence-corrected chi connectivity index (χ3v) is 5.27. The Balaban J connectivity index is 1.64. The molecular formula is C21H18FN3OS. The number of imidazole rings is 1. The second-order valence-corrected chi connectivity index (χ2v) is 7.04. The van der Waals surface area contributed by atoms with Crippen molar-refractivity contribution in [2.45, 2.75) is 17.5 Å². The SMILES string of the molecule is COc1ccc(Cn2c(SCc3cccc(F)c3)nc3cccnc32)cc1. The fourth-order valence-electron chi connectivity index (χ4n) is 2.88. The summed E-state index contributed by atoms with van der Waals surface area (Å²) in [5.74, 6) is 1.25. The van der Waals surface area contributed by atoms with Crippen LogP contribution in [-0.4, -0.2) is 21.6 Å². The van der Waals surface area contributed by atoms with Crippen LogP contribution in [0, 0.1) is 5.82 Å². The average Bonchev–Trinajstić information content (AvgIpc) is 3.05. The standard InChI is InChI=1S/C21H18FN3OS/c1-26-18-9-7-15(8-10-18)13-25-20-19(6-3-11-23-20)24-21(25)27-14-16-4-2-5-17(22)12-16/h2-12H,13-14H2,1H3. The topological polar surface area (TPSA) is 39.9 Å². The molecule has 0 aliphatic heterocycles. The molecule has 4 rings (SSSR count). The van der Waals surface area contributed by atoms with Crippen LogP contribution in [0.3, 0.4) is 0 Å². The lowest BCUT2D eigenvalue weighted by atomic mass is 10.2. The first-order valence-electron chi connectivity index (χ1n) is 8.54. The van der Waals surface area contributed by atoms with Gasteiger partial charge in [-0.15, -0.1) is 0 Å². The quantitative estimate of drug-likeness (QED) is 0.446. The summed E-state index contributed by atoms with van der Waals surface area (Å²) in [4.78, 5) is 9.23. The Morgan fingerprint density at radius 2 is 1.89 bits per heavy atom. The summed E-state index contributed by atoms with van der Waals surface area (Å²) in [6, 6.07) is 18.5. The van der Waals surface area contributed by atoms with Gasteiger partial charge in [-0.1, -0.05) is 36.0 Å². The Kier molecular flexibility index (Phi) is 5.07. The molecule has 0 amide bonds. The zero-order chi connectivity index (χ0) is 18.6. The normalized spacial score (nSPS) is 11.0. The van der Waals surface area contributed by atoms with Gasteiger partial charge in [-0.25, -0.2) is 14.4 Å².